The number of esters is 3. The summed E-state index contributed by atoms with van der Waals surface area (Å²) in [6.45, 7) is 5.12. The third kappa shape index (κ3) is 3.28. The van der Waals surface area contributed by atoms with Gasteiger partial charge in [0.2, 0.25) is 0 Å². The van der Waals surface area contributed by atoms with Crippen molar-refractivity contribution in [1.29, 1.82) is 0 Å². The van der Waals surface area contributed by atoms with E-state index >= 15 is 0 Å². The molecule has 0 aromatic heterocycles. The minimum Gasteiger partial charge on any atom is -0.465 e. The number of hydrogen-bond donors (Lipinski definition) is 0. The van der Waals surface area contributed by atoms with Crippen LogP contribution in [0.15, 0.2) is 11.1 Å². The van der Waals surface area contributed by atoms with Crippen molar-refractivity contribution in [3.05, 3.63) is 11.1 Å². The van der Waals surface area contributed by atoms with Gasteiger partial charge in [0.15, 0.2) is 11.2 Å². The molecule has 0 aromatic rings. The molecule has 29 heavy (non-hydrogen) atoms. The van der Waals surface area contributed by atoms with Crippen LogP contribution in [-0.2, 0) is 38.2 Å². The second-order valence-electron chi connectivity index (χ2n) is 7.66. The minimum absolute atomic E-state index is 0.0660. The second-order valence-corrected chi connectivity index (χ2v) is 7.66. The molecule has 0 bridgehead atoms. The molecule has 0 amide bonds. The molecule has 2 fully saturated rings. The number of hydrogen-bond acceptors (Lipinski definition) is 8. The van der Waals surface area contributed by atoms with E-state index in [0.29, 0.717) is 12.0 Å². The molecule has 8 nitrogen and oxygen atoms in total. The number of ketones is 2. The highest BCUT2D eigenvalue weighted by Gasteiger charge is 2.63. The van der Waals surface area contributed by atoms with Crippen LogP contribution in [0.25, 0.3) is 0 Å². The maximum atomic E-state index is 13.0. The molecule has 3 rings (SSSR count). The van der Waals surface area contributed by atoms with Crippen LogP contribution in [0.4, 0.5) is 0 Å². The van der Waals surface area contributed by atoms with Gasteiger partial charge < -0.3 is 14.2 Å². The van der Waals surface area contributed by atoms with Gasteiger partial charge >= 0.3 is 17.9 Å². The number of rotatable bonds is 6. The van der Waals surface area contributed by atoms with E-state index in [1.807, 2.05) is 0 Å². The Balaban J connectivity index is 2.14. The van der Waals surface area contributed by atoms with Gasteiger partial charge in [-0.15, -0.1) is 0 Å². The molecule has 3 aliphatic rings. The van der Waals surface area contributed by atoms with Crippen molar-refractivity contribution in [2.24, 2.45) is 23.2 Å². The van der Waals surface area contributed by atoms with Gasteiger partial charge in [0.25, 0.3) is 0 Å². The summed E-state index contributed by atoms with van der Waals surface area (Å²) in [7, 11) is 0. The standard InChI is InChI=1S/C21H26O8/c1-4-27-18(24)15-12-10-21(19(25)28-5-2,20(26)29-6-3)9-11-7-8-13(22)16(14(11)12)17(15)23/h11,14,16H,4-10H2,1-3H3. The van der Waals surface area contributed by atoms with Gasteiger partial charge in [-0.25, -0.2) is 4.79 Å². The lowest BCUT2D eigenvalue weighted by atomic mass is 9.57. The molecule has 3 unspecified atom stereocenters. The fourth-order valence-electron chi connectivity index (χ4n) is 5.06. The molecular formula is C21H26O8. The van der Waals surface area contributed by atoms with E-state index < -0.39 is 40.9 Å². The lowest BCUT2D eigenvalue weighted by Crippen LogP contribution is -2.50. The summed E-state index contributed by atoms with van der Waals surface area (Å²) in [6.07, 6.45) is 0.567. The monoisotopic (exact) mass is 406 g/mol. The molecule has 0 aliphatic heterocycles. The number of Topliss-reactive ketones (excluding diaryl/α,β-unsaturated/α-hetero) is 2. The Labute approximate surface area is 168 Å². The Bertz CT molecular complexity index is 775. The summed E-state index contributed by atoms with van der Waals surface area (Å²) < 4.78 is 15.5. The highest BCUT2D eigenvalue weighted by atomic mass is 16.6. The average molecular weight is 406 g/mol. The molecular weight excluding hydrogens is 380 g/mol. The highest BCUT2D eigenvalue weighted by Crippen LogP contribution is 2.57. The summed E-state index contributed by atoms with van der Waals surface area (Å²) in [5.74, 6) is -4.68. The first-order valence-corrected chi connectivity index (χ1v) is 10.1. The number of carbonyl (C=O) groups excluding carboxylic acids is 5. The summed E-state index contributed by atoms with van der Waals surface area (Å²) in [5, 5.41) is 0. The molecule has 158 valence electrons. The van der Waals surface area contributed by atoms with Crippen molar-refractivity contribution in [3.63, 3.8) is 0 Å². The molecule has 2 saturated carbocycles. The van der Waals surface area contributed by atoms with E-state index in [4.69, 9.17) is 14.2 Å². The third-order valence-corrected chi connectivity index (χ3v) is 6.14. The van der Waals surface area contributed by atoms with Crippen molar-refractivity contribution in [2.45, 2.75) is 46.5 Å². The van der Waals surface area contributed by atoms with Crippen molar-refractivity contribution >= 4 is 29.5 Å². The van der Waals surface area contributed by atoms with Crippen LogP contribution in [0.3, 0.4) is 0 Å². The van der Waals surface area contributed by atoms with E-state index in [9.17, 15) is 24.0 Å². The lowest BCUT2D eigenvalue weighted by Gasteiger charge is -2.44. The molecule has 3 aliphatic carbocycles. The largest absolute Gasteiger partial charge is 0.465 e. The number of ether oxygens (including phenoxy) is 3. The summed E-state index contributed by atoms with van der Waals surface area (Å²) >= 11 is 0. The van der Waals surface area contributed by atoms with Gasteiger partial charge in [-0.05, 0) is 51.5 Å². The van der Waals surface area contributed by atoms with Crippen LogP contribution in [0, 0.1) is 23.2 Å². The second kappa shape index (κ2) is 8.08. The maximum Gasteiger partial charge on any atom is 0.341 e. The topological polar surface area (TPSA) is 113 Å². The molecule has 8 heteroatoms. The summed E-state index contributed by atoms with van der Waals surface area (Å²) in [5.41, 5.74) is -1.45. The van der Waals surface area contributed by atoms with E-state index in [2.05, 4.69) is 0 Å². The lowest BCUT2D eigenvalue weighted by molar-refractivity contribution is -0.176. The first-order valence-electron chi connectivity index (χ1n) is 10.1. The summed E-state index contributed by atoms with van der Waals surface area (Å²) in [6, 6.07) is 0. The Hall–Kier alpha value is -2.51. The van der Waals surface area contributed by atoms with E-state index in [1.165, 1.54) is 0 Å². The molecule has 0 heterocycles. The van der Waals surface area contributed by atoms with Crippen LogP contribution < -0.4 is 0 Å². The average Bonchev–Trinajstić information content (AvgIpc) is 2.98. The Morgan fingerprint density at radius 1 is 0.966 bits per heavy atom. The highest BCUT2D eigenvalue weighted by molar-refractivity contribution is 6.26. The van der Waals surface area contributed by atoms with E-state index in [-0.39, 0.29) is 56.4 Å². The first kappa shape index (κ1) is 21.2. The van der Waals surface area contributed by atoms with Crippen LogP contribution in [-0.4, -0.2) is 49.3 Å². The van der Waals surface area contributed by atoms with Gasteiger partial charge in [-0.3, -0.25) is 19.2 Å². The predicted octanol–water partition coefficient (Wildman–Crippen LogP) is 1.55. The first-order chi connectivity index (χ1) is 13.8. The van der Waals surface area contributed by atoms with Crippen molar-refractivity contribution in [1.82, 2.24) is 0 Å². The SMILES string of the molecule is CCOC(=O)C1=C2CC(C(=O)OCC)(C(=O)OCC)CC3CCC(=O)C(C1=O)C23. The fourth-order valence-corrected chi connectivity index (χ4v) is 5.06. The van der Waals surface area contributed by atoms with Gasteiger partial charge in [0.1, 0.15) is 11.4 Å². The number of allylic oxidation sites excluding steroid dienone is 1. The van der Waals surface area contributed by atoms with Crippen LogP contribution in [0.5, 0.6) is 0 Å². The zero-order valence-electron chi connectivity index (χ0n) is 16.9. The van der Waals surface area contributed by atoms with Crippen molar-refractivity contribution in [3.8, 4) is 0 Å². The van der Waals surface area contributed by atoms with E-state index in [0.717, 1.165) is 0 Å². The molecule has 3 atom stereocenters. The van der Waals surface area contributed by atoms with Crippen LogP contribution in [0.1, 0.15) is 46.5 Å². The molecule has 0 aromatic carbocycles. The molecule has 0 N–H and O–H groups in total. The zero-order chi connectivity index (χ0) is 21.3. The quantitative estimate of drug-likeness (QED) is 0.283. The zero-order valence-corrected chi connectivity index (χ0v) is 16.9. The van der Waals surface area contributed by atoms with Gasteiger partial charge in [-0.2, -0.15) is 0 Å². The van der Waals surface area contributed by atoms with Crippen molar-refractivity contribution < 1.29 is 38.2 Å². The van der Waals surface area contributed by atoms with Crippen LogP contribution in [0.2, 0.25) is 0 Å². The third-order valence-electron chi connectivity index (χ3n) is 6.14. The molecule has 0 radical (unpaired) electrons. The fraction of sp³-hybridized carbons (Fsp3) is 0.667. The minimum atomic E-state index is -1.63. The maximum absolute atomic E-state index is 13.0. The Morgan fingerprint density at radius 3 is 2.10 bits per heavy atom. The van der Waals surface area contributed by atoms with Gasteiger partial charge in [0, 0.05) is 12.3 Å². The Morgan fingerprint density at radius 2 is 1.55 bits per heavy atom. The predicted molar refractivity (Wildman–Crippen MR) is 98.3 cm³/mol. The Kier molecular flexibility index (Phi) is 5.91. The summed E-state index contributed by atoms with van der Waals surface area (Å²) in [4.78, 5) is 63.9. The normalized spacial score (nSPS) is 27.3. The van der Waals surface area contributed by atoms with Crippen LogP contribution >= 0.6 is 0 Å². The van der Waals surface area contributed by atoms with Gasteiger partial charge in [0.05, 0.1) is 25.7 Å². The molecule has 0 saturated heterocycles. The van der Waals surface area contributed by atoms with E-state index in [1.54, 1.807) is 20.8 Å². The smallest absolute Gasteiger partial charge is 0.341 e. The molecule has 0 spiro atoms. The van der Waals surface area contributed by atoms with Crippen molar-refractivity contribution in [2.75, 3.05) is 19.8 Å². The van der Waals surface area contributed by atoms with Gasteiger partial charge in [-0.1, -0.05) is 0 Å². The number of carbonyl (C=O) groups is 5.